The molecule has 86 valence electrons. The molecule has 0 nitrogen and oxygen atoms in total. The molecule has 0 heterocycles. The Labute approximate surface area is 111 Å². The second kappa shape index (κ2) is 6.53. The molecular weight excluding hydrogens is 248 g/mol. The smallest absolute Gasteiger partial charge is 0.0406 e. The summed E-state index contributed by atoms with van der Waals surface area (Å²) >= 11 is 7.62. The number of thioether (sulfide) groups is 1. The summed E-state index contributed by atoms with van der Waals surface area (Å²) in [5.41, 5.74) is 2.52. The molecule has 2 rings (SSSR count). The highest BCUT2D eigenvalue weighted by atomic mass is 35.5. The van der Waals surface area contributed by atoms with Crippen molar-refractivity contribution in [3.8, 4) is 0 Å². The van der Waals surface area contributed by atoms with Crippen LogP contribution in [0, 0.1) is 0 Å². The van der Waals surface area contributed by atoms with Gasteiger partial charge in [0.25, 0.3) is 0 Å². The zero-order chi connectivity index (χ0) is 11.9. The van der Waals surface area contributed by atoms with Crippen LogP contribution in [0.4, 0.5) is 0 Å². The van der Waals surface area contributed by atoms with Crippen LogP contribution >= 0.6 is 23.4 Å². The summed E-state index contributed by atoms with van der Waals surface area (Å²) in [5.74, 6) is 1.00. The van der Waals surface area contributed by atoms with Crippen LogP contribution in [0.25, 0.3) is 6.08 Å². The second-order valence-corrected chi connectivity index (χ2v) is 4.98. The summed E-state index contributed by atoms with van der Waals surface area (Å²) in [6.45, 7) is 0. The number of hydrogen-bond acceptors (Lipinski definition) is 1. The summed E-state index contributed by atoms with van der Waals surface area (Å²) in [6.07, 6.45) is 2.10. The molecule has 0 bridgehead atoms. The van der Waals surface area contributed by atoms with Gasteiger partial charge in [0.05, 0.1) is 0 Å². The van der Waals surface area contributed by atoms with Crippen molar-refractivity contribution >= 4 is 29.4 Å². The van der Waals surface area contributed by atoms with E-state index in [9.17, 15) is 0 Å². The van der Waals surface area contributed by atoms with Crippen LogP contribution in [0.1, 0.15) is 11.1 Å². The standard InChI is InChI=1S/C15H13ClS/c16-15-8-6-13(7-9-15)10-11-17-12-14-4-2-1-3-5-14/h1-11H,12H2. The highest BCUT2D eigenvalue weighted by molar-refractivity contribution is 8.01. The summed E-state index contributed by atoms with van der Waals surface area (Å²) in [4.78, 5) is 0. The molecule has 0 aromatic heterocycles. The monoisotopic (exact) mass is 260 g/mol. The maximum Gasteiger partial charge on any atom is 0.0406 e. The Morgan fingerprint density at radius 3 is 2.35 bits per heavy atom. The second-order valence-electron chi connectivity index (χ2n) is 3.65. The van der Waals surface area contributed by atoms with E-state index in [2.05, 4.69) is 35.7 Å². The average molecular weight is 261 g/mol. The van der Waals surface area contributed by atoms with Gasteiger partial charge in [-0.1, -0.05) is 54.1 Å². The molecule has 0 aliphatic carbocycles. The zero-order valence-corrected chi connectivity index (χ0v) is 10.9. The fourth-order valence-electron chi connectivity index (χ4n) is 1.42. The maximum absolute atomic E-state index is 5.82. The Hall–Kier alpha value is -1.18. The maximum atomic E-state index is 5.82. The van der Waals surface area contributed by atoms with Crippen LogP contribution in [-0.4, -0.2) is 0 Å². The van der Waals surface area contributed by atoms with Crippen molar-refractivity contribution < 1.29 is 0 Å². The Bertz CT molecular complexity index is 474. The number of hydrogen-bond donors (Lipinski definition) is 0. The minimum absolute atomic E-state index is 0.777. The van der Waals surface area contributed by atoms with Crippen molar-refractivity contribution in [3.63, 3.8) is 0 Å². The summed E-state index contributed by atoms with van der Waals surface area (Å²) in [6, 6.07) is 18.3. The Morgan fingerprint density at radius 1 is 0.941 bits per heavy atom. The SMILES string of the molecule is Clc1ccc(C=CSCc2ccccc2)cc1. The van der Waals surface area contributed by atoms with Crippen molar-refractivity contribution in [1.29, 1.82) is 0 Å². The van der Waals surface area contributed by atoms with Crippen LogP contribution in [0.3, 0.4) is 0 Å². The first kappa shape index (κ1) is 12.3. The molecule has 0 aliphatic heterocycles. The summed E-state index contributed by atoms with van der Waals surface area (Å²) in [5, 5.41) is 2.90. The molecule has 0 spiro atoms. The van der Waals surface area contributed by atoms with E-state index < -0.39 is 0 Å². The molecule has 2 aromatic rings. The molecule has 0 aliphatic rings. The highest BCUT2D eigenvalue weighted by Gasteiger charge is 1.90. The lowest BCUT2D eigenvalue weighted by Crippen LogP contribution is -1.75. The normalized spacial score (nSPS) is 10.9. The lowest BCUT2D eigenvalue weighted by molar-refractivity contribution is 1.42. The highest BCUT2D eigenvalue weighted by Crippen LogP contribution is 2.16. The van der Waals surface area contributed by atoms with Gasteiger partial charge in [-0.05, 0) is 34.7 Å². The zero-order valence-electron chi connectivity index (χ0n) is 9.34. The molecule has 0 fully saturated rings. The number of halogens is 1. The molecule has 0 N–H and O–H groups in total. The van der Waals surface area contributed by atoms with E-state index in [1.165, 1.54) is 11.1 Å². The van der Waals surface area contributed by atoms with Gasteiger partial charge in [-0.3, -0.25) is 0 Å². The predicted molar refractivity (Wildman–Crippen MR) is 78.2 cm³/mol. The lowest BCUT2D eigenvalue weighted by Gasteiger charge is -1.97. The molecule has 0 saturated heterocycles. The molecule has 0 unspecified atom stereocenters. The molecule has 0 radical (unpaired) electrons. The van der Waals surface area contributed by atoms with Crippen LogP contribution in [0.2, 0.25) is 5.02 Å². The Kier molecular flexibility index (Phi) is 4.72. The third-order valence-electron chi connectivity index (χ3n) is 2.32. The van der Waals surface area contributed by atoms with E-state index in [1.54, 1.807) is 11.8 Å². The van der Waals surface area contributed by atoms with Crippen molar-refractivity contribution in [3.05, 3.63) is 76.2 Å². The summed E-state index contributed by atoms with van der Waals surface area (Å²) in [7, 11) is 0. The molecule has 2 heteroatoms. The van der Waals surface area contributed by atoms with E-state index in [1.807, 2.05) is 30.3 Å². The van der Waals surface area contributed by atoms with Crippen LogP contribution in [-0.2, 0) is 5.75 Å². The quantitative estimate of drug-likeness (QED) is 0.724. The first-order valence-corrected chi connectivity index (χ1v) is 6.85. The molecule has 2 aromatic carbocycles. The van der Waals surface area contributed by atoms with Gasteiger partial charge in [-0.15, -0.1) is 11.8 Å². The molecule has 0 atom stereocenters. The Balaban J connectivity index is 1.84. The number of benzene rings is 2. The fraction of sp³-hybridized carbons (Fsp3) is 0.0667. The van der Waals surface area contributed by atoms with Crippen molar-refractivity contribution in [2.45, 2.75) is 5.75 Å². The predicted octanol–water partition coefficient (Wildman–Crippen LogP) is 5.24. The van der Waals surface area contributed by atoms with Gasteiger partial charge in [0.1, 0.15) is 0 Å². The molecular formula is C15H13ClS. The van der Waals surface area contributed by atoms with Gasteiger partial charge in [0.2, 0.25) is 0 Å². The van der Waals surface area contributed by atoms with Crippen molar-refractivity contribution in [2.75, 3.05) is 0 Å². The fourth-order valence-corrected chi connectivity index (χ4v) is 2.28. The van der Waals surface area contributed by atoms with Crippen LogP contribution in [0.5, 0.6) is 0 Å². The van der Waals surface area contributed by atoms with E-state index in [0.717, 1.165) is 10.8 Å². The molecule has 0 saturated carbocycles. The minimum atomic E-state index is 0.777. The van der Waals surface area contributed by atoms with E-state index in [4.69, 9.17) is 11.6 Å². The molecule has 0 amide bonds. The Morgan fingerprint density at radius 2 is 1.65 bits per heavy atom. The first-order valence-electron chi connectivity index (χ1n) is 5.42. The van der Waals surface area contributed by atoms with E-state index >= 15 is 0 Å². The average Bonchev–Trinajstić information content (AvgIpc) is 2.38. The van der Waals surface area contributed by atoms with Gasteiger partial charge >= 0.3 is 0 Å². The van der Waals surface area contributed by atoms with Gasteiger partial charge in [0, 0.05) is 10.8 Å². The van der Waals surface area contributed by atoms with Gasteiger partial charge in [-0.2, -0.15) is 0 Å². The third kappa shape index (κ3) is 4.29. The number of rotatable bonds is 4. The van der Waals surface area contributed by atoms with Gasteiger partial charge in [0.15, 0.2) is 0 Å². The van der Waals surface area contributed by atoms with Gasteiger partial charge < -0.3 is 0 Å². The topological polar surface area (TPSA) is 0 Å². The largest absolute Gasteiger partial charge is 0.129 e. The minimum Gasteiger partial charge on any atom is -0.129 e. The molecule has 17 heavy (non-hydrogen) atoms. The van der Waals surface area contributed by atoms with Crippen molar-refractivity contribution in [1.82, 2.24) is 0 Å². The summed E-state index contributed by atoms with van der Waals surface area (Å²) < 4.78 is 0. The van der Waals surface area contributed by atoms with Crippen LogP contribution in [0.15, 0.2) is 60.0 Å². The van der Waals surface area contributed by atoms with E-state index in [0.29, 0.717) is 0 Å². The van der Waals surface area contributed by atoms with E-state index in [-0.39, 0.29) is 0 Å². The third-order valence-corrected chi connectivity index (χ3v) is 3.40. The lowest BCUT2D eigenvalue weighted by atomic mass is 10.2. The van der Waals surface area contributed by atoms with Crippen LogP contribution < -0.4 is 0 Å². The van der Waals surface area contributed by atoms with Crippen molar-refractivity contribution in [2.24, 2.45) is 0 Å². The van der Waals surface area contributed by atoms with Gasteiger partial charge in [-0.25, -0.2) is 0 Å². The first-order chi connectivity index (χ1) is 8.34.